The molecule has 0 radical (unpaired) electrons. The maximum Gasteiger partial charge on any atom is 0.405 e. The zero-order valence-corrected chi connectivity index (χ0v) is 10.7. The molecular formula is C13H15F3N2O. The van der Waals surface area contributed by atoms with E-state index in [1.54, 1.807) is 31.2 Å². The lowest BCUT2D eigenvalue weighted by Crippen LogP contribution is -2.33. The van der Waals surface area contributed by atoms with Crippen LogP contribution >= 0.6 is 0 Å². The van der Waals surface area contributed by atoms with Crippen LogP contribution in [0.4, 0.5) is 13.2 Å². The van der Waals surface area contributed by atoms with Gasteiger partial charge in [0.25, 0.3) is 0 Å². The van der Waals surface area contributed by atoms with Crippen LogP contribution in [0.5, 0.6) is 5.75 Å². The van der Waals surface area contributed by atoms with Gasteiger partial charge in [0.15, 0.2) is 5.92 Å². The van der Waals surface area contributed by atoms with Gasteiger partial charge in [-0.05, 0) is 13.0 Å². The molecule has 0 aliphatic carbocycles. The largest absolute Gasteiger partial charge is 0.496 e. The zero-order valence-electron chi connectivity index (χ0n) is 10.7. The third kappa shape index (κ3) is 4.14. The highest BCUT2D eigenvalue weighted by Gasteiger charge is 2.39. The van der Waals surface area contributed by atoms with Gasteiger partial charge in [-0.15, -0.1) is 0 Å². The average molecular weight is 272 g/mol. The van der Waals surface area contributed by atoms with E-state index < -0.39 is 18.6 Å². The summed E-state index contributed by atoms with van der Waals surface area (Å²) >= 11 is 0. The smallest absolute Gasteiger partial charge is 0.405 e. The van der Waals surface area contributed by atoms with E-state index in [4.69, 9.17) is 10.00 Å². The first-order valence-corrected chi connectivity index (χ1v) is 5.72. The van der Waals surface area contributed by atoms with Gasteiger partial charge in [0.2, 0.25) is 0 Å². The Kier molecular flexibility index (Phi) is 5.19. The minimum Gasteiger partial charge on any atom is -0.496 e. The summed E-state index contributed by atoms with van der Waals surface area (Å²) in [7, 11) is 1.50. The van der Waals surface area contributed by atoms with Crippen molar-refractivity contribution >= 4 is 0 Å². The second kappa shape index (κ2) is 6.43. The van der Waals surface area contributed by atoms with Crippen molar-refractivity contribution in [2.45, 2.75) is 19.1 Å². The van der Waals surface area contributed by atoms with Gasteiger partial charge in [-0.3, -0.25) is 0 Å². The highest BCUT2D eigenvalue weighted by atomic mass is 19.4. The molecule has 0 amide bonds. The molecule has 1 aromatic rings. The molecule has 0 fully saturated rings. The Morgan fingerprint density at radius 3 is 2.53 bits per heavy atom. The second-order valence-corrected chi connectivity index (χ2v) is 4.10. The van der Waals surface area contributed by atoms with E-state index in [2.05, 4.69) is 5.32 Å². The maximum atomic E-state index is 12.4. The Balaban J connectivity index is 2.70. The Labute approximate surface area is 110 Å². The lowest BCUT2D eigenvalue weighted by molar-refractivity contribution is -0.157. The quantitative estimate of drug-likeness (QED) is 0.896. The number of methoxy groups -OCH3 is 1. The number of ether oxygens (including phenoxy) is 1. The normalized spacial score (nSPS) is 14.5. The molecule has 3 nitrogen and oxygen atoms in total. The lowest BCUT2D eigenvalue weighted by atomic mass is 10.1. The molecule has 1 aromatic carbocycles. The highest BCUT2D eigenvalue weighted by molar-refractivity contribution is 5.35. The summed E-state index contributed by atoms with van der Waals surface area (Å²) in [5, 5.41) is 11.2. The zero-order chi connectivity index (χ0) is 14.5. The molecule has 1 rings (SSSR count). The number of para-hydroxylation sites is 1. The number of alkyl halides is 3. The van der Waals surface area contributed by atoms with E-state index in [9.17, 15) is 13.2 Å². The molecule has 0 saturated carbocycles. The average Bonchev–Trinajstić information content (AvgIpc) is 2.37. The van der Waals surface area contributed by atoms with Gasteiger partial charge in [-0.2, -0.15) is 18.4 Å². The van der Waals surface area contributed by atoms with Gasteiger partial charge < -0.3 is 10.1 Å². The SMILES string of the molecule is COc1ccccc1[C@H](C)NCC(C#N)C(F)(F)F. The molecule has 0 heterocycles. The van der Waals surface area contributed by atoms with Gasteiger partial charge in [0.1, 0.15) is 5.75 Å². The van der Waals surface area contributed by atoms with Crippen molar-refractivity contribution in [3.05, 3.63) is 29.8 Å². The van der Waals surface area contributed by atoms with E-state index in [0.29, 0.717) is 5.75 Å². The highest BCUT2D eigenvalue weighted by Crippen LogP contribution is 2.27. The number of hydrogen-bond donors (Lipinski definition) is 1. The van der Waals surface area contributed by atoms with Crippen LogP contribution in [0, 0.1) is 17.2 Å². The molecule has 0 aromatic heterocycles. The topological polar surface area (TPSA) is 45.0 Å². The third-order valence-corrected chi connectivity index (χ3v) is 2.78. The summed E-state index contributed by atoms with van der Waals surface area (Å²) in [5.74, 6) is -1.41. The molecule has 104 valence electrons. The van der Waals surface area contributed by atoms with Crippen LogP contribution in [0.2, 0.25) is 0 Å². The molecule has 0 bridgehead atoms. The van der Waals surface area contributed by atoms with E-state index in [1.807, 2.05) is 0 Å². The monoisotopic (exact) mass is 272 g/mol. The lowest BCUT2D eigenvalue weighted by Gasteiger charge is -2.20. The second-order valence-electron chi connectivity index (χ2n) is 4.10. The van der Waals surface area contributed by atoms with Crippen LogP contribution < -0.4 is 10.1 Å². The molecule has 2 atom stereocenters. The van der Waals surface area contributed by atoms with Gasteiger partial charge in [-0.1, -0.05) is 18.2 Å². The summed E-state index contributed by atoms with van der Waals surface area (Å²) in [6.07, 6.45) is -4.51. The maximum absolute atomic E-state index is 12.4. The van der Waals surface area contributed by atoms with Crippen LogP contribution in [0.25, 0.3) is 0 Å². The van der Waals surface area contributed by atoms with Crippen molar-refractivity contribution in [1.29, 1.82) is 5.26 Å². The summed E-state index contributed by atoms with van der Waals surface area (Å²) in [6.45, 7) is 1.28. The van der Waals surface area contributed by atoms with Gasteiger partial charge in [0.05, 0.1) is 13.2 Å². The molecule has 6 heteroatoms. The Morgan fingerprint density at radius 2 is 2.00 bits per heavy atom. The molecule has 0 spiro atoms. The summed E-state index contributed by atoms with van der Waals surface area (Å²) in [4.78, 5) is 0. The minimum atomic E-state index is -4.51. The fourth-order valence-electron chi connectivity index (χ4n) is 1.66. The molecule has 19 heavy (non-hydrogen) atoms. The molecule has 1 N–H and O–H groups in total. The van der Waals surface area contributed by atoms with Gasteiger partial charge in [-0.25, -0.2) is 0 Å². The standard InChI is InChI=1S/C13H15F3N2O/c1-9(11-5-3-4-6-12(11)19-2)18-8-10(7-17)13(14,15)16/h3-6,9-10,18H,8H2,1-2H3/t9-,10?/m0/s1. The van der Waals surface area contributed by atoms with E-state index in [-0.39, 0.29) is 6.04 Å². The molecule has 0 aliphatic rings. The van der Waals surface area contributed by atoms with E-state index >= 15 is 0 Å². The number of nitrogens with one attached hydrogen (secondary N) is 1. The predicted molar refractivity (Wildman–Crippen MR) is 64.6 cm³/mol. The first kappa shape index (κ1) is 15.3. The summed E-state index contributed by atoms with van der Waals surface area (Å²) < 4.78 is 42.4. The minimum absolute atomic E-state index is 0.339. The van der Waals surface area contributed by atoms with Crippen molar-refractivity contribution in [3.63, 3.8) is 0 Å². The number of benzene rings is 1. The molecule has 0 aliphatic heterocycles. The molecular weight excluding hydrogens is 257 g/mol. The number of nitriles is 1. The fraction of sp³-hybridized carbons (Fsp3) is 0.462. The fourth-order valence-corrected chi connectivity index (χ4v) is 1.66. The third-order valence-electron chi connectivity index (χ3n) is 2.78. The van der Waals surface area contributed by atoms with Crippen molar-refractivity contribution in [2.75, 3.05) is 13.7 Å². The van der Waals surface area contributed by atoms with Crippen LogP contribution in [0.3, 0.4) is 0 Å². The number of nitrogens with zero attached hydrogens (tertiary/aromatic N) is 1. The Hall–Kier alpha value is -1.74. The molecule has 0 saturated heterocycles. The van der Waals surface area contributed by atoms with Crippen molar-refractivity contribution < 1.29 is 17.9 Å². The van der Waals surface area contributed by atoms with Crippen molar-refractivity contribution in [2.24, 2.45) is 5.92 Å². The predicted octanol–water partition coefficient (Wildman–Crippen LogP) is 3.05. The van der Waals surface area contributed by atoms with E-state index in [1.165, 1.54) is 13.2 Å². The van der Waals surface area contributed by atoms with Crippen LogP contribution in [0.15, 0.2) is 24.3 Å². The first-order valence-electron chi connectivity index (χ1n) is 5.72. The Morgan fingerprint density at radius 1 is 1.37 bits per heavy atom. The number of halogens is 3. The van der Waals surface area contributed by atoms with Crippen LogP contribution in [0.1, 0.15) is 18.5 Å². The van der Waals surface area contributed by atoms with Gasteiger partial charge >= 0.3 is 6.18 Å². The number of hydrogen-bond acceptors (Lipinski definition) is 3. The Bertz CT molecular complexity index is 454. The van der Waals surface area contributed by atoms with Gasteiger partial charge in [0, 0.05) is 18.2 Å². The van der Waals surface area contributed by atoms with Crippen molar-refractivity contribution in [3.8, 4) is 11.8 Å². The van der Waals surface area contributed by atoms with Crippen LogP contribution in [-0.4, -0.2) is 19.8 Å². The number of rotatable bonds is 5. The first-order chi connectivity index (χ1) is 8.90. The molecule has 1 unspecified atom stereocenters. The van der Waals surface area contributed by atoms with Crippen molar-refractivity contribution in [1.82, 2.24) is 5.32 Å². The van der Waals surface area contributed by atoms with Crippen LogP contribution in [-0.2, 0) is 0 Å². The summed E-state index contributed by atoms with van der Waals surface area (Å²) in [6, 6.07) is 7.98. The van der Waals surface area contributed by atoms with E-state index in [0.717, 1.165) is 5.56 Å². The summed E-state index contributed by atoms with van der Waals surface area (Å²) in [5.41, 5.74) is 0.754.